The zero-order chi connectivity index (χ0) is 11.7. The first-order chi connectivity index (χ1) is 7.65. The Morgan fingerprint density at radius 2 is 1.94 bits per heavy atom. The highest BCUT2D eigenvalue weighted by Gasteiger charge is 2.17. The molecule has 2 unspecified atom stereocenters. The van der Waals surface area contributed by atoms with Crippen molar-refractivity contribution >= 4 is 11.0 Å². The Bertz CT molecular complexity index is 487. The molecule has 0 aliphatic carbocycles. The monoisotopic (exact) mass is 217 g/mol. The Morgan fingerprint density at radius 1 is 1.25 bits per heavy atom. The third-order valence-electron chi connectivity index (χ3n) is 3.36. The number of hydrogen-bond donors (Lipinski definition) is 1. The van der Waals surface area contributed by atoms with Gasteiger partial charge in [-0.2, -0.15) is 0 Å². The zero-order valence-electron chi connectivity index (χ0n) is 10.4. The van der Waals surface area contributed by atoms with E-state index in [0.717, 1.165) is 11.3 Å². The van der Waals surface area contributed by atoms with Crippen LogP contribution in [0.2, 0.25) is 0 Å². The van der Waals surface area contributed by atoms with Crippen molar-refractivity contribution in [3.8, 4) is 0 Å². The van der Waals surface area contributed by atoms with Crippen LogP contribution >= 0.6 is 0 Å². The van der Waals surface area contributed by atoms with E-state index >= 15 is 0 Å². The number of fused-ring (bicyclic) bond motifs is 1. The van der Waals surface area contributed by atoms with Crippen LogP contribution in [0.1, 0.15) is 25.7 Å². The smallest absolute Gasteiger partial charge is 0.107 e. The molecule has 86 valence electrons. The second-order valence-corrected chi connectivity index (χ2v) is 4.34. The molecule has 0 saturated carbocycles. The predicted octanol–water partition coefficient (Wildman–Crippen LogP) is 2.51. The molecule has 0 aliphatic heterocycles. The van der Waals surface area contributed by atoms with Crippen LogP contribution in [-0.4, -0.2) is 22.6 Å². The lowest BCUT2D eigenvalue weighted by molar-refractivity contribution is 0.417. The maximum Gasteiger partial charge on any atom is 0.107 e. The van der Waals surface area contributed by atoms with Gasteiger partial charge >= 0.3 is 0 Å². The van der Waals surface area contributed by atoms with E-state index in [0.29, 0.717) is 12.1 Å². The molecule has 0 spiro atoms. The minimum absolute atomic E-state index is 0.400. The molecule has 0 bridgehead atoms. The van der Waals surface area contributed by atoms with E-state index in [1.807, 2.05) is 13.1 Å². The van der Waals surface area contributed by atoms with Crippen LogP contribution in [0.3, 0.4) is 0 Å². The van der Waals surface area contributed by atoms with Gasteiger partial charge in [0.1, 0.15) is 5.82 Å². The average molecular weight is 217 g/mol. The van der Waals surface area contributed by atoms with Crippen LogP contribution in [0, 0.1) is 6.92 Å². The molecule has 2 aromatic rings. The summed E-state index contributed by atoms with van der Waals surface area (Å²) < 4.78 is 2.30. The fraction of sp³-hybridized carbons (Fsp3) is 0.462. The normalized spacial score (nSPS) is 15.2. The van der Waals surface area contributed by atoms with Crippen LogP contribution in [0.4, 0.5) is 0 Å². The first kappa shape index (κ1) is 11.1. The van der Waals surface area contributed by atoms with E-state index in [-0.39, 0.29) is 0 Å². The van der Waals surface area contributed by atoms with E-state index in [4.69, 9.17) is 0 Å². The lowest BCUT2D eigenvalue weighted by Gasteiger charge is -2.22. The summed E-state index contributed by atoms with van der Waals surface area (Å²) in [4.78, 5) is 4.59. The summed E-state index contributed by atoms with van der Waals surface area (Å²) in [7, 11) is 2.00. The van der Waals surface area contributed by atoms with Gasteiger partial charge in [0.15, 0.2) is 0 Å². The van der Waals surface area contributed by atoms with Crippen molar-refractivity contribution in [2.24, 2.45) is 0 Å². The quantitative estimate of drug-likeness (QED) is 0.856. The fourth-order valence-corrected chi connectivity index (χ4v) is 2.14. The van der Waals surface area contributed by atoms with E-state index < -0.39 is 0 Å². The molecule has 0 saturated heterocycles. The standard InChI is InChI=1S/C13H19N3/c1-9(14-4)10(2)16-11(3)15-12-7-5-6-8-13(12)16/h5-10,14H,1-4H3. The van der Waals surface area contributed by atoms with Gasteiger partial charge in [0.2, 0.25) is 0 Å². The molecule has 1 aromatic heterocycles. The number of aryl methyl sites for hydroxylation is 1. The topological polar surface area (TPSA) is 29.9 Å². The summed E-state index contributed by atoms with van der Waals surface area (Å²) in [6.07, 6.45) is 0. The molecular weight excluding hydrogens is 198 g/mol. The molecule has 0 radical (unpaired) electrons. The number of aromatic nitrogens is 2. The molecular formula is C13H19N3. The number of imidazole rings is 1. The lowest BCUT2D eigenvalue weighted by atomic mass is 10.1. The van der Waals surface area contributed by atoms with Crippen LogP contribution in [0.25, 0.3) is 11.0 Å². The highest BCUT2D eigenvalue weighted by atomic mass is 15.1. The second-order valence-electron chi connectivity index (χ2n) is 4.34. The van der Waals surface area contributed by atoms with Gasteiger partial charge in [0, 0.05) is 12.1 Å². The van der Waals surface area contributed by atoms with E-state index in [1.54, 1.807) is 0 Å². The molecule has 3 heteroatoms. The summed E-state index contributed by atoms with van der Waals surface area (Å²) >= 11 is 0. The van der Waals surface area contributed by atoms with Crippen LogP contribution < -0.4 is 5.32 Å². The Hall–Kier alpha value is -1.35. The minimum Gasteiger partial charge on any atom is -0.324 e. The summed E-state index contributed by atoms with van der Waals surface area (Å²) in [5.41, 5.74) is 2.30. The fourth-order valence-electron chi connectivity index (χ4n) is 2.14. The third-order valence-corrected chi connectivity index (χ3v) is 3.36. The summed E-state index contributed by atoms with van der Waals surface area (Å²) in [6, 6.07) is 9.12. The molecule has 0 aliphatic rings. The Morgan fingerprint density at radius 3 is 2.62 bits per heavy atom. The first-order valence-electron chi connectivity index (χ1n) is 5.76. The number of rotatable bonds is 3. The summed E-state index contributed by atoms with van der Waals surface area (Å²) in [5, 5.41) is 3.30. The SMILES string of the molecule is CNC(C)C(C)n1c(C)nc2ccccc21. The molecule has 0 fully saturated rings. The van der Waals surface area contributed by atoms with E-state index in [1.165, 1.54) is 5.52 Å². The van der Waals surface area contributed by atoms with Crippen LogP contribution in [0.15, 0.2) is 24.3 Å². The molecule has 1 N–H and O–H groups in total. The van der Waals surface area contributed by atoms with Gasteiger partial charge < -0.3 is 9.88 Å². The number of benzene rings is 1. The van der Waals surface area contributed by atoms with Crippen LogP contribution in [-0.2, 0) is 0 Å². The maximum atomic E-state index is 4.59. The van der Waals surface area contributed by atoms with Gasteiger partial charge in [-0.1, -0.05) is 12.1 Å². The van der Waals surface area contributed by atoms with Crippen molar-refractivity contribution in [1.82, 2.24) is 14.9 Å². The molecule has 1 aromatic carbocycles. The minimum atomic E-state index is 0.400. The predicted molar refractivity (Wildman–Crippen MR) is 67.7 cm³/mol. The number of nitrogens with zero attached hydrogens (tertiary/aromatic N) is 2. The van der Waals surface area contributed by atoms with Crippen molar-refractivity contribution in [2.45, 2.75) is 32.9 Å². The maximum absolute atomic E-state index is 4.59. The first-order valence-corrected chi connectivity index (χ1v) is 5.76. The van der Waals surface area contributed by atoms with Gasteiger partial charge in [-0.05, 0) is 40.0 Å². The van der Waals surface area contributed by atoms with E-state index in [9.17, 15) is 0 Å². The zero-order valence-corrected chi connectivity index (χ0v) is 10.4. The molecule has 2 rings (SSSR count). The van der Waals surface area contributed by atoms with Crippen molar-refractivity contribution in [1.29, 1.82) is 0 Å². The number of nitrogens with one attached hydrogen (secondary N) is 1. The largest absolute Gasteiger partial charge is 0.324 e. The third kappa shape index (κ3) is 1.71. The Labute approximate surface area is 96.5 Å². The highest BCUT2D eigenvalue weighted by Crippen LogP contribution is 2.22. The number of hydrogen-bond acceptors (Lipinski definition) is 2. The van der Waals surface area contributed by atoms with Gasteiger partial charge in [0.25, 0.3) is 0 Å². The Kier molecular flexibility index (Phi) is 2.97. The number of likely N-dealkylation sites (N-methyl/N-ethyl adjacent to an activating group) is 1. The average Bonchev–Trinajstić information content (AvgIpc) is 2.63. The second kappa shape index (κ2) is 4.26. The van der Waals surface area contributed by atoms with Crippen molar-refractivity contribution < 1.29 is 0 Å². The molecule has 0 amide bonds. The number of para-hydroxylation sites is 2. The van der Waals surface area contributed by atoms with Gasteiger partial charge in [-0.3, -0.25) is 0 Å². The molecule has 3 nitrogen and oxygen atoms in total. The molecule has 2 atom stereocenters. The summed E-state index contributed by atoms with van der Waals surface area (Å²) in [5.74, 6) is 1.08. The molecule has 1 heterocycles. The van der Waals surface area contributed by atoms with E-state index in [2.05, 4.69) is 53.8 Å². The van der Waals surface area contributed by atoms with Crippen LogP contribution in [0.5, 0.6) is 0 Å². The van der Waals surface area contributed by atoms with Gasteiger partial charge in [-0.25, -0.2) is 4.98 Å². The van der Waals surface area contributed by atoms with Gasteiger partial charge in [0.05, 0.1) is 11.0 Å². The van der Waals surface area contributed by atoms with Gasteiger partial charge in [-0.15, -0.1) is 0 Å². The molecule has 16 heavy (non-hydrogen) atoms. The van der Waals surface area contributed by atoms with Crippen molar-refractivity contribution in [3.63, 3.8) is 0 Å². The van der Waals surface area contributed by atoms with Crippen molar-refractivity contribution in [2.75, 3.05) is 7.05 Å². The Balaban J connectivity index is 2.54. The lowest BCUT2D eigenvalue weighted by Crippen LogP contribution is -2.31. The van der Waals surface area contributed by atoms with Crippen molar-refractivity contribution in [3.05, 3.63) is 30.1 Å². The highest BCUT2D eigenvalue weighted by molar-refractivity contribution is 5.76. The summed E-state index contributed by atoms with van der Waals surface area (Å²) in [6.45, 7) is 6.49.